The molecule has 2 aromatic heterocycles. The number of pyridine rings is 1. The molecule has 5 rings (SSSR count). The van der Waals surface area contributed by atoms with Crippen LogP contribution in [-0.4, -0.2) is 0 Å². The van der Waals surface area contributed by atoms with Crippen LogP contribution >= 0.6 is 0 Å². The third kappa shape index (κ3) is 2.62. The van der Waals surface area contributed by atoms with Gasteiger partial charge in [-0.15, -0.1) is 0 Å². The predicted molar refractivity (Wildman–Crippen MR) is 122 cm³/mol. The second-order valence-electron chi connectivity index (χ2n) is 7.70. The summed E-state index contributed by atoms with van der Waals surface area (Å²) in [4.78, 5) is 3.92. The second-order valence-corrected chi connectivity index (χ2v) is 7.70. The van der Waals surface area contributed by atoms with Crippen molar-refractivity contribution in [3.05, 3.63) is 95.5 Å². The van der Waals surface area contributed by atoms with Gasteiger partial charge in [-0.25, -0.2) is 9.41 Å². The van der Waals surface area contributed by atoms with Crippen LogP contribution in [0.5, 0.6) is 0 Å². The molecule has 0 N–H and O–H groups in total. The molecular weight excluding hydrogens is 368 g/mol. The van der Waals surface area contributed by atoms with Crippen molar-refractivity contribution >= 4 is 27.6 Å². The van der Waals surface area contributed by atoms with Gasteiger partial charge in [0.05, 0.1) is 12.1 Å². The molecule has 0 spiro atoms. The van der Waals surface area contributed by atoms with Crippen molar-refractivity contribution < 1.29 is 8.98 Å². The molecule has 0 unspecified atom stereocenters. The first-order chi connectivity index (χ1) is 14.6. The Morgan fingerprint density at radius 3 is 2.30 bits per heavy atom. The summed E-state index contributed by atoms with van der Waals surface area (Å²) in [6, 6.07) is 22.7. The Balaban J connectivity index is 1.92. The average molecular weight is 389 g/mol. The van der Waals surface area contributed by atoms with Gasteiger partial charge >= 0.3 is 0 Å². The van der Waals surface area contributed by atoms with Crippen LogP contribution in [0.4, 0.5) is 5.69 Å². The van der Waals surface area contributed by atoms with E-state index in [2.05, 4.69) is 47.5 Å². The van der Waals surface area contributed by atoms with Crippen LogP contribution in [0.1, 0.15) is 11.1 Å². The van der Waals surface area contributed by atoms with E-state index in [1.807, 2.05) is 55.7 Å². The summed E-state index contributed by atoms with van der Waals surface area (Å²) in [5.41, 5.74) is 8.44. The summed E-state index contributed by atoms with van der Waals surface area (Å²) < 4.78 is 8.59. The number of rotatable bonds is 2. The van der Waals surface area contributed by atoms with E-state index >= 15 is 0 Å². The maximum atomic E-state index is 7.94. The van der Waals surface area contributed by atoms with Crippen molar-refractivity contribution in [2.45, 2.75) is 13.8 Å². The number of fused-ring (bicyclic) bond motifs is 3. The van der Waals surface area contributed by atoms with Crippen LogP contribution in [-0.2, 0) is 7.05 Å². The summed E-state index contributed by atoms with van der Waals surface area (Å²) in [6.07, 6.45) is 2.04. The minimum absolute atomic E-state index is 0.577. The second kappa shape index (κ2) is 6.86. The maximum Gasteiger partial charge on any atom is 0.237 e. The van der Waals surface area contributed by atoms with Gasteiger partial charge in [-0.05, 0) is 42.7 Å². The molecule has 3 aromatic carbocycles. The van der Waals surface area contributed by atoms with Crippen molar-refractivity contribution in [1.82, 2.24) is 0 Å². The highest BCUT2D eigenvalue weighted by Crippen LogP contribution is 2.45. The summed E-state index contributed by atoms with van der Waals surface area (Å²) >= 11 is 0. The molecule has 0 bridgehead atoms. The Hall–Kier alpha value is -3.90. The van der Waals surface area contributed by atoms with E-state index in [0.717, 1.165) is 49.9 Å². The fourth-order valence-electron chi connectivity index (χ4n) is 4.36. The van der Waals surface area contributed by atoms with Gasteiger partial charge in [0, 0.05) is 22.9 Å². The number of hydrogen-bond acceptors (Lipinski definition) is 1. The third-order valence-electron chi connectivity index (χ3n) is 5.80. The minimum atomic E-state index is 0.577. The summed E-state index contributed by atoms with van der Waals surface area (Å²) in [7, 11) is 2.04. The normalized spacial score (nSPS) is 11.1. The Morgan fingerprint density at radius 2 is 1.57 bits per heavy atom. The molecule has 0 aliphatic heterocycles. The number of aryl methyl sites for hydroxylation is 3. The highest BCUT2D eigenvalue weighted by Gasteiger charge is 2.23. The molecule has 0 aliphatic rings. The first-order valence-corrected chi connectivity index (χ1v) is 9.97. The first-order valence-electron chi connectivity index (χ1n) is 9.97. The highest BCUT2D eigenvalue weighted by molar-refractivity contribution is 6.15. The monoisotopic (exact) mass is 389 g/mol. The molecule has 2 heterocycles. The minimum Gasteiger partial charge on any atom is -0.466 e. The zero-order valence-corrected chi connectivity index (χ0v) is 17.2. The quantitative estimate of drug-likeness (QED) is 0.237. The molecule has 30 heavy (non-hydrogen) atoms. The predicted octanol–water partition coefficient (Wildman–Crippen LogP) is 6.91. The molecule has 3 heteroatoms. The molecule has 0 atom stereocenters. The SMILES string of the molecule is [C-]#[N+]c1c(-c2ccccc2)c(C)cc2c1oc1c(-c3cccc[n+]3C)c(C)ccc12. The molecule has 0 amide bonds. The van der Waals surface area contributed by atoms with Gasteiger partial charge in [0.1, 0.15) is 18.2 Å². The molecule has 144 valence electrons. The van der Waals surface area contributed by atoms with E-state index < -0.39 is 0 Å². The standard InChI is InChI=1S/C27H21N2O/c1-17-13-14-20-21-16-18(2)23(19-10-6-5-7-11-19)25(28-3)27(21)30-26(20)24(17)22-12-8-9-15-29(22)4/h5-16H,1-2,4H3/q+1. The van der Waals surface area contributed by atoms with Gasteiger partial charge in [-0.3, -0.25) is 0 Å². The van der Waals surface area contributed by atoms with E-state index in [-0.39, 0.29) is 0 Å². The highest BCUT2D eigenvalue weighted by atomic mass is 16.3. The molecule has 0 saturated carbocycles. The van der Waals surface area contributed by atoms with Crippen LogP contribution in [0.25, 0.3) is 49.2 Å². The molecule has 0 saturated heterocycles. The molecular formula is C27H21N2O+. The molecule has 0 radical (unpaired) electrons. The van der Waals surface area contributed by atoms with E-state index in [4.69, 9.17) is 11.0 Å². The van der Waals surface area contributed by atoms with Crippen molar-refractivity contribution in [2.75, 3.05) is 0 Å². The maximum absolute atomic E-state index is 7.94. The number of furan rings is 1. The van der Waals surface area contributed by atoms with E-state index in [0.29, 0.717) is 11.3 Å². The number of benzene rings is 3. The number of aromatic nitrogens is 1. The zero-order valence-electron chi connectivity index (χ0n) is 17.2. The fourth-order valence-corrected chi connectivity index (χ4v) is 4.36. The van der Waals surface area contributed by atoms with Gasteiger partial charge in [0.15, 0.2) is 6.20 Å². The Kier molecular flexibility index (Phi) is 4.15. The van der Waals surface area contributed by atoms with Gasteiger partial charge in [0.2, 0.25) is 11.4 Å². The molecule has 0 fully saturated rings. The lowest BCUT2D eigenvalue weighted by Gasteiger charge is -2.09. The third-order valence-corrected chi connectivity index (χ3v) is 5.80. The molecule has 3 nitrogen and oxygen atoms in total. The largest absolute Gasteiger partial charge is 0.466 e. The lowest BCUT2D eigenvalue weighted by molar-refractivity contribution is -0.660. The van der Waals surface area contributed by atoms with Crippen molar-refractivity contribution in [1.29, 1.82) is 0 Å². The Morgan fingerprint density at radius 1 is 0.800 bits per heavy atom. The lowest BCUT2D eigenvalue weighted by Crippen LogP contribution is -2.30. The van der Waals surface area contributed by atoms with Crippen LogP contribution < -0.4 is 4.57 Å². The van der Waals surface area contributed by atoms with Crippen LogP contribution in [0.15, 0.2) is 77.3 Å². The van der Waals surface area contributed by atoms with Gasteiger partial charge in [-0.1, -0.05) is 48.0 Å². The van der Waals surface area contributed by atoms with Crippen molar-refractivity contribution in [2.24, 2.45) is 7.05 Å². The van der Waals surface area contributed by atoms with E-state index in [1.54, 1.807) is 0 Å². The number of nitrogens with zero attached hydrogens (tertiary/aromatic N) is 2. The molecule has 0 aliphatic carbocycles. The smallest absolute Gasteiger partial charge is 0.237 e. The van der Waals surface area contributed by atoms with E-state index in [9.17, 15) is 0 Å². The Bertz CT molecular complexity index is 1470. The Labute approximate surface area is 175 Å². The summed E-state index contributed by atoms with van der Waals surface area (Å²) in [5, 5.41) is 2.04. The van der Waals surface area contributed by atoms with Crippen LogP contribution in [0.3, 0.4) is 0 Å². The summed E-state index contributed by atoms with van der Waals surface area (Å²) in [6.45, 7) is 12.1. The fraction of sp³-hybridized carbons (Fsp3) is 0.111. The zero-order chi connectivity index (χ0) is 20.8. The first kappa shape index (κ1) is 18.1. The van der Waals surface area contributed by atoms with Gasteiger partial charge < -0.3 is 4.42 Å². The van der Waals surface area contributed by atoms with Crippen molar-refractivity contribution in [3.8, 4) is 22.4 Å². The van der Waals surface area contributed by atoms with Crippen molar-refractivity contribution in [3.63, 3.8) is 0 Å². The van der Waals surface area contributed by atoms with Gasteiger partial charge in [0.25, 0.3) is 0 Å². The topological polar surface area (TPSA) is 21.4 Å². The van der Waals surface area contributed by atoms with Gasteiger partial charge in [-0.2, -0.15) is 0 Å². The average Bonchev–Trinajstić information content (AvgIpc) is 3.12. The number of hydrogen-bond donors (Lipinski definition) is 0. The van der Waals surface area contributed by atoms with E-state index in [1.165, 1.54) is 0 Å². The lowest BCUT2D eigenvalue weighted by atomic mass is 9.95. The van der Waals surface area contributed by atoms with Crippen LogP contribution in [0.2, 0.25) is 0 Å². The molecule has 5 aromatic rings. The summed E-state index contributed by atoms with van der Waals surface area (Å²) in [5.74, 6) is 0. The van der Waals surface area contributed by atoms with Crippen LogP contribution in [0, 0.1) is 20.4 Å².